The molecular weight excluding hydrogens is 639 g/mol. The molecule has 3 aromatic rings. The van der Waals surface area contributed by atoms with E-state index >= 15 is 0 Å². The van der Waals surface area contributed by atoms with Gasteiger partial charge in [0.2, 0.25) is 10.0 Å². The second-order valence-electron chi connectivity index (χ2n) is 14.5. The molecule has 2 saturated heterocycles. The third kappa shape index (κ3) is 4.63. The fraction of sp³-hybridized carbons (Fsp3) is 0.559. The van der Waals surface area contributed by atoms with E-state index in [2.05, 4.69) is 27.3 Å². The summed E-state index contributed by atoms with van der Waals surface area (Å²) in [7, 11) is -1.29. The van der Waals surface area contributed by atoms with Crippen LogP contribution in [0.3, 0.4) is 0 Å². The van der Waals surface area contributed by atoms with Gasteiger partial charge in [-0.3, -0.25) is 4.79 Å². The molecule has 2 saturated carbocycles. The van der Waals surface area contributed by atoms with E-state index in [1.807, 2.05) is 18.2 Å². The van der Waals surface area contributed by atoms with E-state index in [0.29, 0.717) is 18.7 Å². The van der Waals surface area contributed by atoms with Crippen LogP contribution in [0, 0.1) is 0 Å². The summed E-state index contributed by atoms with van der Waals surface area (Å²) in [6.45, 7) is 1.52. The standard InChI is InChI=1S/C34H43N5O6S2/c1-36(2)47(43,44)35-33(40)22-10-12-27-30(14-22)38-20-34(46(41,42)39-19-23-15-24(39)18-37(23)3)17-29(34)28-16-25(45-4)11-13-26(28)32(38)31(27)21-8-6-5-7-9-21/h10-14,16,21,23-24,29H,5-9,15,17-20H2,1-4H3,(H,35,40). The number of likely N-dealkylation sites (tertiary alicyclic amines) is 1. The highest BCUT2D eigenvalue weighted by Gasteiger charge is 2.69. The van der Waals surface area contributed by atoms with Crippen LogP contribution >= 0.6 is 0 Å². The summed E-state index contributed by atoms with van der Waals surface area (Å²) in [6, 6.07) is 11.7. The van der Waals surface area contributed by atoms with Crippen LogP contribution in [0.1, 0.15) is 78.3 Å². The average Bonchev–Trinajstić information content (AvgIpc) is 3.31. The first-order valence-corrected chi connectivity index (χ1v) is 19.5. The van der Waals surface area contributed by atoms with Crippen LogP contribution in [-0.4, -0.2) is 99.0 Å². The molecule has 3 aliphatic heterocycles. The monoisotopic (exact) mass is 681 g/mol. The van der Waals surface area contributed by atoms with Crippen molar-refractivity contribution < 1.29 is 26.4 Å². The summed E-state index contributed by atoms with van der Waals surface area (Å²) >= 11 is 0. The lowest BCUT2D eigenvalue weighted by Crippen LogP contribution is -2.52. The smallest absolute Gasteiger partial charge is 0.303 e. The van der Waals surface area contributed by atoms with Crippen molar-refractivity contribution in [3.8, 4) is 17.0 Å². The number of methoxy groups -OCH3 is 1. The number of aromatic nitrogens is 1. The molecule has 1 aromatic heterocycles. The molecule has 4 heterocycles. The molecule has 2 aromatic carbocycles. The molecule has 5 aliphatic rings. The molecule has 0 spiro atoms. The van der Waals surface area contributed by atoms with Crippen molar-refractivity contribution in [2.75, 3.05) is 41.3 Å². The summed E-state index contributed by atoms with van der Waals surface area (Å²) in [5.41, 5.74) is 5.22. The molecule has 4 fully saturated rings. The zero-order valence-electron chi connectivity index (χ0n) is 27.4. The van der Waals surface area contributed by atoms with Gasteiger partial charge in [0.05, 0.1) is 12.8 Å². The Kier molecular flexibility index (Phi) is 7.17. The van der Waals surface area contributed by atoms with Crippen LogP contribution in [0.4, 0.5) is 0 Å². The number of amides is 1. The number of likely N-dealkylation sites (N-methyl/N-ethyl adjacent to an activating group) is 1. The zero-order chi connectivity index (χ0) is 33.0. The molecular formula is C34H43N5O6S2. The third-order valence-electron chi connectivity index (χ3n) is 11.7. The van der Waals surface area contributed by atoms with Crippen LogP contribution < -0.4 is 9.46 Å². The average molecular weight is 682 g/mol. The maximum Gasteiger partial charge on any atom is 0.303 e. The highest BCUT2D eigenvalue weighted by Crippen LogP contribution is 2.64. The van der Waals surface area contributed by atoms with E-state index in [1.165, 1.54) is 26.1 Å². The maximum atomic E-state index is 14.9. The molecule has 4 unspecified atom stereocenters. The molecule has 252 valence electrons. The van der Waals surface area contributed by atoms with Crippen LogP contribution in [-0.2, 0) is 26.8 Å². The number of hydrogen-bond acceptors (Lipinski definition) is 7. The number of piperazine rings is 1. The second kappa shape index (κ2) is 10.8. The summed E-state index contributed by atoms with van der Waals surface area (Å²) in [6.07, 6.45) is 6.90. The fourth-order valence-electron chi connectivity index (χ4n) is 9.06. The second-order valence-corrected chi connectivity index (χ2v) is 18.6. The number of sulfonamides is 1. The third-order valence-corrected chi connectivity index (χ3v) is 15.8. The van der Waals surface area contributed by atoms with Crippen LogP contribution in [0.5, 0.6) is 5.75 Å². The lowest BCUT2D eigenvalue weighted by atomic mass is 9.81. The van der Waals surface area contributed by atoms with Gasteiger partial charge < -0.3 is 14.2 Å². The Labute approximate surface area is 277 Å². The number of ether oxygens (including phenoxy) is 1. The fourth-order valence-corrected chi connectivity index (χ4v) is 12.1. The van der Waals surface area contributed by atoms with Gasteiger partial charge in [0.15, 0.2) is 0 Å². The van der Waals surface area contributed by atoms with E-state index in [1.54, 1.807) is 23.5 Å². The Morgan fingerprint density at radius 2 is 1.77 bits per heavy atom. The molecule has 11 nitrogen and oxygen atoms in total. The molecule has 4 atom stereocenters. The lowest BCUT2D eigenvalue weighted by Gasteiger charge is -2.34. The molecule has 1 N–H and O–H groups in total. The molecule has 0 radical (unpaired) electrons. The predicted octanol–water partition coefficient (Wildman–Crippen LogP) is 3.86. The molecule has 8 rings (SSSR count). The van der Waals surface area contributed by atoms with Gasteiger partial charge in [-0.05, 0) is 80.1 Å². The highest BCUT2D eigenvalue weighted by atomic mass is 32.2. The van der Waals surface area contributed by atoms with Crippen molar-refractivity contribution >= 4 is 37.0 Å². The van der Waals surface area contributed by atoms with Gasteiger partial charge in [0.25, 0.3) is 5.91 Å². The van der Waals surface area contributed by atoms with Crippen molar-refractivity contribution in [1.82, 2.24) is 22.8 Å². The van der Waals surface area contributed by atoms with Crippen molar-refractivity contribution in [2.45, 2.75) is 80.2 Å². The molecule has 2 bridgehead atoms. The molecule has 1 amide bonds. The van der Waals surface area contributed by atoms with Crippen LogP contribution in [0.15, 0.2) is 36.4 Å². The van der Waals surface area contributed by atoms with Gasteiger partial charge in [0, 0.05) is 73.8 Å². The molecule has 47 heavy (non-hydrogen) atoms. The Morgan fingerprint density at radius 1 is 1.00 bits per heavy atom. The number of benzene rings is 2. The number of fused-ring (bicyclic) bond motifs is 9. The summed E-state index contributed by atoms with van der Waals surface area (Å²) in [4.78, 5) is 15.6. The number of hydrogen-bond donors (Lipinski definition) is 1. The lowest BCUT2D eigenvalue weighted by molar-refractivity contribution is 0.0979. The quantitative estimate of drug-likeness (QED) is 0.402. The van der Waals surface area contributed by atoms with E-state index in [-0.39, 0.29) is 36.0 Å². The first-order chi connectivity index (χ1) is 22.4. The number of carbonyl (C=O) groups excluding carboxylic acids is 1. The SMILES string of the molecule is COc1ccc2c(c1)C1CC1(S(=O)(=O)N1CC3CC1CN3C)Cn1c-2c(C2CCCCC2)c2ccc(C(=O)NS(=O)(=O)N(C)C)cc21. The normalized spacial score (nSPS) is 27.8. The molecule has 2 aliphatic carbocycles. The topological polar surface area (TPSA) is 121 Å². The number of rotatable bonds is 7. The van der Waals surface area contributed by atoms with Gasteiger partial charge in [-0.2, -0.15) is 17.0 Å². The number of carbonyl (C=O) groups is 1. The maximum absolute atomic E-state index is 14.9. The van der Waals surface area contributed by atoms with Crippen LogP contribution in [0.25, 0.3) is 22.2 Å². The first-order valence-electron chi connectivity index (χ1n) is 16.7. The first kappa shape index (κ1) is 31.3. The van der Waals surface area contributed by atoms with Gasteiger partial charge in [0.1, 0.15) is 10.5 Å². The summed E-state index contributed by atoms with van der Waals surface area (Å²) in [5, 5.41) is 0.995. The van der Waals surface area contributed by atoms with Crippen molar-refractivity contribution in [3.05, 3.63) is 53.1 Å². The van der Waals surface area contributed by atoms with Crippen molar-refractivity contribution in [3.63, 3.8) is 0 Å². The van der Waals surface area contributed by atoms with E-state index in [0.717, 1.165) is 70.7 Å². The van der Waals surface area contributed by atoms with Gasteiger partial charge in [-0.1, -0.05) is 25.3 Å². The van der Waals surface area contributed by atoms with Crippen molar-refractivity contribution in [1.29, 1.82) is 0 Å². The van der Waals surface area contributed by atoms with E-state index in [9.17, 15) is 21.6 Å². The Bertz CT molecular complexity index is 2020. The minimum Gasteiger partial charge on any atom is -0.497 e. The van der Waals surface area contributed by atoms with Gasteiger partial charge in [-0.15, -0.1) is 0 Å². The highest BCUT2D eigenvalue weighted by molar-refractivity contribution is 7.91. The van der Waals surface area contributed by atoms with E-state index < -0.39 is 30.9 Å². The minimum absolute atomic E-state index is 0.0220. The molecule has 13 heteroatoms. The predicted molar refractivity (Wildman–Crippen MR) is 180 cm³/mol. The Morgan fingerprint density at radius 3 is 2.43 bits per heavy atom. The summed E-state index contributed by atoms with van der Waals surface area (Å²) in [5.74, 6) is 0.0741. The summed E-state index contributed by atoms with van der Waals surface area (Å²) < 4.78 is 66.7. The largest absolute Gasteiger partial charge is 0.497 e. The zero-order valence-corrected chi connectivity index (χ0v) is 29.0. The van der Waals surface area contributed by atoms with Crippen molar-refractivity contribution in [2.24, 2.45) is 0 Å². The Hall–Kier alpha value is -2.97. The van der Waals surface area contributed by atoms with Gasteiger partial charge in [-0.25, -0.2) is 13.1 Å². The van der Waals surface area contributed by atoms with Crippen LogP contribution in [0.2, 0.25) is 0 Å². The van der Waals surface area contributed by atoms with E-state index in [4.69, 9.17) is 4.74 Å². The number of nitrogens with zero attached hydrogens (tertiary/aromatic N) is 4. The number of nitrogens with one attached hydrogen (secondary N) is 1. The minimum atomic E-state index is -4.00. The van der Waals surface area contributed by atoms with Gasteiger partial charge >= 0.3 is 10.2 Å². The Balaban J connectivity index is 1.34.